The Hall–Kier alpha value is -1.90. The molecule has 1 aromatic carbocycles. The molecular weight excluding hydrogens is 260 g/mol. The van der Waals surface area contributed by atoms with Crippen LogP contribution in [-0.4, -0.2) is 9.97 Å². The first-order valence-corrected chi connectivity index (χ1v) is 7.54. The van der Waals surface area contributed by atoms with E-state index in [4.69, 9.17) is 4.74 Å². The summed E-state index contributed by atoms with van der Waals surface area (Å²) in [6.45, 7) is 8.59. The second-order valence-corrected chi connectivity index (χ2v) is 6.71. The average Bonchev–Trinajstić information content (AvgIpc) is 2.39. The van der Waals surface area contributed by atoms with E-state index < -0.39 is 0 Å². The third kappa shape index (κ3) is 2.92. The number of para-hydroxylation sites is 1. The van der Waals surface area contributed by atoms with E-state index in [2.05, 4.69) is 36.8 Å². The summed E-state index contributed by atoms with van der Waals surface area (Å²) in [5.74, 6) is 2.40. The van der Waals surface area contributed by atoms with Crippen LogP contribution < -0.4 is 4.74 Å². The molecule has 3 heteroatoms. The number of aromatic nitrogens is 2. The Bertz CT molecular complexity index is 677. The summed E-state index contributed by atoms with van der Waals surface area (Å²) in [6.07, 6.45) is 3.14. The highest BCUT2D eigenvalue weighted by molar-refractivity contribution is 5.40. The van der Waals surface area contributed by atoms with E-state index >= 15 is 0 Å². The molecule has 3 rings (SSSR count). The fourth-order valence-electron chi connectivity index (χ4n) is 2.89. The molecular formula is C18H22N2O. The maximum absolute atomic E-state index is 6.11. The van der Waals surface area contributed by atoms with E-state index in [0.29, 0.717) is 5.41 Å². The Labute approximate surface area is 126 Å². The number of ether oxygens (including phenoxy) is 1. The van der Waals surface area contributed by atoms with E-state index in [9.17, 15) is 0 Å². The maximum atomic E-state index is 6.11. The number of benzene rings is 1. The molecule has 0 spiro atoms. The fraction of sp³-hybridized carbons (Fsp3) is 0.444. The summed E-state index contributed by atoms with van der Waals surface area (Å²) in [6, 6.07) is 8.06. The molecule has 1 aromatic heterocycles. The topological polar surface area (TPSA) is 35.0 Å². The summed E-state index contributed by atoms with van der Waals surface area (Å²) in [4.78, 5) is 9.18. The van der Waals surface area contributed by atoms with Crippen LogP contribution in [0, 0.1) is 19.3 Å². The number of aryl methyl sites for hydroxylation is 2. The molecule has 1 aliphatic carbocycles. The zero-order valence-electron chi connectivity index (χ0n) is 13.2. The van der Waals surface area contributed by atoms with Gasteiger partial charge in [0.2, 0.25) is 5.88 Å². The van der Waals surface area contributed by atoms with E-state index in [1.165, 1.54) is 5.56 Å². The Balaban J connectivity index is 2.00. The van der Waals surface area contributed by atoms with E-state index in [1.807, 2.05) is 25.1 Å². The van der Waals surface area contributed by atoms with Gasteiger partial charge in [0.15, 0.2) is 0 Å². The minimum Gasteiger partial charge on any atom is -0.438 e. The number of rotatable bonds is 2. The van der Waals surface area contributed by atoms with Gasteiger partial charge in [0.25, 0.3) is 0 Å². The molecule has 0 atom stereocenters. The van der Waals surface area contributed by atoms with Crippen LogP contribution in [0.25, 0.3) is 0 Å². The van der Waals surface area contributed by atoms with Crippen LogP contribution in [0.1, 0.15) is 42.9 Å². The molecule has 0 radical (unpaired) electrons. The van der Waals surface area contributed by atoms with E-state index in [0.717, 1.165) is 48.0 Å². The largest absolute Gasteiger partial charge is 0.438 e. The first-order valence-electron chi connectivity index (χ1n) is 7.54. The third-order valence-corrected chi connectivity index (χ3v) is 4.16. The molecule has 0 bridgehead atoms. The zero-order valence-corrected chi connectivity index (χ0v) is 13.2. The van der Waals surface area contributed by atoms with Crippen molar-refractivity contribution in [2.24, 2.45) is 5.41 Å². The number of hydrogen-bond donors (Lipinski definition) is 0. The standard InChI is InChI=1S/C18H22N2O/c1-12-7-5-6-8-16(12)21-17-14-9-10-18(3,4)11-15(14)19-13(2)20-17/h5-8H,9-11H2,1-4H3. The predicted molar refractivity (Wildman–Crippen MR) is 83.8 cm³/mol. The van der Waals surface area contributed by atoms with Crippen molar-refractivity contribution in [3.63, 3.8) is 0 Å². The quantitative estimate of drug-likeness (QED) is 0.819. The summed E-state index contributed by atoms with van der Waals surface area (Å²) in [7, 11) is 0. The molecule has 0 unspecified atom stereocenters. The van der Waals surface area contributed by atoms with Crippen molar-refractivity contribution in [3.8, 4) is 11.6 Å². The summed E-state index contributed by atoms with van der Waals surface area (Å²) in [5.41, 5.74) is 3.78. The SMILES string of the molecule is Cc1nc2c(c(Oc3ccccc3C)n1)CCC(C)(C)C2. The predicted octanol–water partition coefficient (Wildman–Crippen LogP) is 4.40. The molecule has 110 valence electrons. The van der Waals surface area contributed by atoms with Crippen molar-refractivity contribution in [3.05, 3.63) is 46.9 Å². The first-order chi connectivity index (χ1) is 9.94. The molecule has 1 heterocycles. The van der Waals surface area contributed by atoms with Gasteiger partial charge in [-0.2, -0.15) is 4.98 Å². The smallest absolute Gasteiger partial charge is 0.226 e. The van der Waals surface area contributed by atoms with Gasteiger partial charge in [-0.1, -0.05) is 32.0 Å². The minimum absolute atomic E-state index is 0.313. The molecule has 0 amide bonds. The Morgan fingerprint density at radius 3 is 2.62 bits per heavy atom. The Morgan fingerprint density at radius 1 is 1.10 bits per heavy atom. The Kier molecular flexibility index (Phi) is 3.44. The molecule has 1 aliphatic rings. The van der Waals surface area contributed by atoms with E-state index in [1.54, 1.807) is 0 Å². The second kappa shape index (κ2) is 5.14. The van der Waals surface area contributed by atoms with Gasteiger partial charge in [-0.05, 0) is 50.2 Å². The highest BCUT2D eigenvalue weighted by Crippen LogP contribution is 2.38. The van der Waals surface area contributed by atoms with Crippen LogP contribution >= 0.6 is 0 Å². The lowest BCUT2D eigenvalue weighted by Crippen LogP contribution is -2.24. The van der Waals surface area contributed by atoms with Crippen molar-refractivity contribution >= 4 is 0 Å². The Morgan fingerprint density at radius 2 is 1.86 bits per heavy atom. The lowest BCUT2D eigenvalue weighted by atomic mass is 9.76. The summed E-state index contributed by atoms with van der Waals surface area (Å²) >= 11 is 0. The van der Waals surface area contributed by atoms with Crippen molar-refractivity contribution in [1.29, 1.82) is 0 Å². The number of nitrogens with zero attached hydrogens (tertiary/aromatic N) is 2. The van der Waals surface area contributed by atoms with Crippen molar-refractivity contribution in [1.82, 2.24) is 9.97 Å². The highest BCUT2D eigenvalue weighted by Gasteiger charge is 2.29. The first kappa shape index (κ1) is 14.1. The zero-order chi connectivity index (χ0) is 15.0. The van der Waals surface area contributed by atoms with Gasteiger partial charge < -0.3 is 4.74 Å². The maximum Gasteiger partial charge on any atom is 0.226 e. The lowest BCUT2D eigenvalue weighted by molar-refractivity contribution is 0.304. The molecule has 0 saturated carbocycles. The summed E-state index contributed by atoms with van der Waals surface area (Å²) in [5, 5.41) is 0. The van der Waals surface area contributed by atoms with Gasteiger partial charge in [0.05, 0.1) is 5.69 Å². The van der Waals surface area contributed by atoms with Crippen LogP contribution in [0.3, 0.4) is 0 Å². The van der Waals surface area contributed by atoms with Crippen LogP contribution in [0.5, 0.6) is 11.6 Å². The van der Waals surface area contributed by atoms with E-state index in [-0.39, 0.29) is 0 Å². The fourth-order valence-corrected chi connectivity index (χ4v) is 2.89. The third-order valence-electron chi connectivity index (χ3n) is 4.16. The molecule has 2 aromatic rings. The monoisotopic (exact) mass is 282 g/mol. The van der Waals surface area contributed by atoms with Crippen molar-refractivity contribution in [2.75, 3.05) is 0 Å². The van der Waals surface area contributed by atoms with Crippen LogP contribution in [0.4, 0.5) is 0 Å². The molecule has 0 aliphatic heterocycles. The lowest BCUT2D eigenvalue weighted by Gasteiger charge is -2.31. The summed E-state index contributed by atoms with van der Waals surface area (Å²) < 4.78 is 6.11. The van der Waals surface area contributed by atoms with Gasteiger partial charge in [0.1, 0.15) is 11.6 Å². The molecule has 0 N–H and O–H groups in total. The number of hydrogen-bond acceptors (Lipinski definition) is 3. The second-order valence-electron chi connectivity index (χ2n) is 6.71. The average molecular weight is 282 g/mol. The van der Waals surface area contributed by atoms with Crippen molar-refractivity contribution in [2.45, 2.75) is 47.0 Å². The van der Waals surface area contributed by atoms with Crippen LogP contribution in [-0.2, 0) is 12.8 Å². The highest BCUT2D eigenvalue weighted by atomic mass is 16.5. The number of fused-ring (bicyclic) bond motifs is 1. The minimum atomic E-state index is 0.313. The molecule has 21 heavy (non-hydrogen) atoms. The van der Waals surface area contributed by atoms with Crippen LogP contribution in [0.2, 0.25) is 0 Å². The molecule has 3 nitrogen and oxygen atoms in total. The van der Waals surface area contributed by atoms with Gasteiger partial charge in [0, 0.05) is 5.56 Å². The molecule has 0 fully saturated rings. The molecule has 0 saturated heterocycles. The van der Waals surface area contributed by atoms with Gasteiger partial charge in [-0.25, -0.2) is 4.98 Å². The normalized spacial score (nSPS) is 16.4. The van der Waals surface area contributed by atoms with Gasteiger partial charge in [-0.3, -0.25) is 0 Å². The van der Waals surface area contributed by atoms with Crippen molar-refractivity contribution < 1.29 is 4.74 Å². The van der Waals surface area contributed by atoms with Gasteiger partial charge >= 0.3 is 0 Å². The van der Waals surface area contributed by atoms with Crippen LogP contribution in [0.15, 0.2) is 24.3 Å². The van der Waals surface area contributed by atoms with Gasteiger partial charge in [-0.15, -0.1) is 0 Å².